The number of benzene rings is 1. The highest BCUT2D eigenvalue weighted by molar-refractivity contribution is 5.76. The number of carbonyl (C=O) groups is 2. The molecule has 0 fully saturated rings. The van der Waals surface area contributed by atoms with Crippen LogP contribution in [0.15, 0.2) is 42.5 Å². The molecule has 1 heterocycles. The molecule has 0 aliphatic carbocycles. The van der Waals surface area contributed by atoms with E-state index in [4.69, 9.17) is 4.74 Å². The molecule has 1 N–H and O–H groups in total. The third-order valence-corrected chi connectivity index (χ3v) is 3.76. The molecule has 22 heavy (non-hydrogen) atoms. The fourth-order valence-corrected chi connectivity index (χ4v) is 2.38. The SMILES string of the molecule is C[C@@H]1C/C=C/CCCC(=O)NC(c2ccccc2)COC1=O. The van der Waals surface area contributed by atoms with E-state index < -0.39 is 0 Å². The van der Waals surface area contributed by atoms with Crippen molar-refractivity contribution >= 4 is 11.9 Å². The van der Waals surface area contributed by atoms with Gasteiger partial charge in [-0.15, -0.1) is 0 Å². The van der Waals surface area contributed by atoms with Crippen molar-refractivity contribution in [3.8, 4) is 0 Å². The molecule has 0 aromatic heterocycles. The molecule has 2 atom stereocenters. The maximum absolute atomic E-state index is 12.0. The average molecular weight is 301 g/mol. The Morgan fingerprint density at radius 3 is 2.68 bits per heavy atom. The minimum absolute atomic E-state index is 0.00871. The van der Waals surface area contributed by atoms with E-state index in [1.807, 2.05) is 49.4 Å². The number of ether oxygens (including phenoxy) is 1. The summed E-state index contributed by atoms with van der Waals surface area (Å²) in [6, 6.07) is 9.32. The Morgan fingerprint density at radius 2 is 1.91 bits per heavy atom. The van der Waals surface area contributed by atoms with E-state index in [1.54, 1.807) is 0 Å². The Kier molecular flexibility index (Phi) is 6.19. The lowest BCUT2D eigenvalue weighted by molar-refractivity contribution is -0.149. The summed E-state index contributed by atoms with van der Waals surface area (Å²) in [4.78, 5) is 24.0. The Hall–Kier alpha value is -2.10. The second-order valence-electron chi connectivity index (χ2n) is 5.66. The third kappa shape index (κ3) is 5.02. The van der Waals surface area contributed by atoms with Crippen LogP contribution >= 0.6 is 0 Å². The number of allylic oxidation sites excluding steroid dienone is 2. The summed E-state index contributed by atoms with van der Waals surface area (Å²) < 4.78 is 5.40. The van der Waals surface area contributed by atoms with Crippen LogP contribution in [0.5, 0.6) is 0 Å². The predicted molar refractivity (Wildman–Crippen MR) is 85.1 cm³/mol. The van der Waals surface area contributed by atoms with E-state index >= 15 is 0 Å². The molecule has 1 aromatic carbocycles. The summed E-state index contributed by atoms with van der Waals surface area (Å²) >= 11 is 0. The first kappa shape index (κ1) is 16.3. The van der Waals surface area contributed by atoms with Crippen molar-refractivity contribution in [2.24, 2.45) is 5.92 Å². The zero-order valence-corrected chi connectivity index (χ0v) is 13.0. The van der Waals surface area contributed by atoms with E-state index in [2.05, 4.69) is 5.32 Å². The average Bonchev–Trinajstić information content (AvgIpc) is 2.55. The summed E-state index contributed by atoms with van der Waals surface area (Å²) in [6.07, 6.45) is 6.85. The van der Waals surface area contributed by atoms with Crippen LogP contribution in [-0.4, -0.2) is 18.5 Å². The molecular weight excluding hydrogens is 278 g/mol. The Balaban J connectivity index is 2.11. The highest BCUT2D eigenvalue weighted by atomic mass is 16.5. The first-order valence-corrected chi connectivity index (χ1v) is 7.82. The van der Waals surface area contributed by atoms with Crippen molar-refractivity contribution in [1.29, 1.82) is 0 Å². The molecule has 0 saturated heterocycles. The summed E-state index contributed by atoms with van der Waals surface area (Å²) in [7, 11) is 0. The van der Waals surface area contributed by atoms with E-state index in [0.717, 1.165) is 18.4 Å². The number of hydrogen-bond acceptors (Lipinski definition) is 3. The lowest BCUT2D eigenvalue weighted by Gasteiger charge is -2.20. The van der Waals surface area contributed by atoms with Gasteiger partial charge in [-0.05, 0) is 24.8 Å². The predicted octanol–water partition coefficient (Wildman–Crippen LogP) is 3.15. The molecular formula is C18H23NO3. The maximum Gasteiger partial charge on any atom is 0.309 e. The molecule has 1 aliphatic rings. The Labute approximate surface area is 131 Å². The number of carbonyl (C=O) groups excluding carboxylic acids is 2. The van der Waals surface area contributed by atoms with Gasteiger partial charge in [-0.3, -0.25) is 9.59 Å². The summed E-state index contributed by atoms with van der Waals surface area (Å²) in [5.41, 5.74) is 0.948. The smallest absolute Gasteiger partial charge is 0.309 e. The van der Waals surface area contributed by atoms with Gasteiger partial charge in [-0.2, -0.15) is 0 Å². The number of cyclic esters (lactones) is 1. The number of nitrogens with one attached hydrogen (secondary N) is 1. The van der Waals surface area contributed by atoms with Crippen LogP contribution in [0, 0.1) is 5.92 Å². The summed E-state index contributed by atoms with van der Waals surface area (Å²) in [5.74, 6) is -0.395. The van der Waals surface area contributed by atoms with E-state index in [9.17, 15) is 9.59 Å². The zero-order valence-electron chi connectivity index (χ0n) is 13.0. The Bertz CT molecular complexity index is 524. The normalized spacial score (nSPS) is 25.9. The number of amides is 1. The van der Waals surface area contributed by atoms with Gasteiger partial charge >= 0.3 is 5.97 Å². The van der Waals surface area contributed by atoms with Gasteiger partial charge < -0.3 is 10.1 Å². The van der Waals surface area contributed by atoms with Crippen LogP contribution in [0.4, 0.5) is 0 Å². The van der Waals surface area contributed by atoms with Gasteiger partial charge in [0.15, 0.2) is 0 Å². The molecule has 1 amide bonds. The van der Waals surface area contributed by atoms with Crippen LogP contribution in [0.1, 0.15) is 44.2 Å². The summed E-state index contributed by atoms with van der Waals surface area (Å²) in [5, 5.41) is 2.97. The first-order chi connectivity index (χ1) is 10.7. The van der Waals surface area contributed by atoms with Crippen molar-refractivity contribution in [3.63, 3.8) is 0 Å². The van der Waals surface area contributed by atoms with Crippen LogP contribution < -0.4 is 5.32 Å². The molecule has 0 spiro atoms. The third-order valence-electron chi connectivity index (χ3n) is 3.76. The van der Waals surface area contributed by atoms with Crippen molar-refractivity contribution in [3.05, 3.63) is 48.0 Å². The van der Waals surface area contributed by atoms with Crippen molar-refractivity contribution in [1.82, 2.24) is 5.32 Å². The fourth-order valence-electron chi connectivity index (χ4n) is 2.38. The highest BCUT2D eigenvalue weighted by Gasteiger charge is 2.19. The topological polar surface area (TPSA) is 55.4 Å². The second kappa shape index (κ2) is 8.37. The quantitative estimate of drug-likeness (QED) is 0.640. The van der Waals surface area contributed by atoms with Crippen LogP contribution in [-0.2, 0) is 14.3 Å². The maximum atomic E-state index is 12.0. The summed E-state index contributed by atoms with van der Waals surface area (Å²) in [6.45, 7) is 2.03. The molecule has 118 valence electrons. The molecule has 1 unspecified atom stereocenters. The Morgan fingerprint density at radius 1 is 1.14 bits per heavy atom. The van der Waals surface area contributed by atoms with E-state index in [1.165, 1.54) is 0 Å². The first-order valence-electron chi connectivity index (χ1n) is 7.82. The number of rotatable bonds is 1. The molecule has 1 aliphatic heterocycles. The van der Waals surface area contributed by atoms with Gasteiger partial charge in [-0.25, -0.2) is 0 Å². The van der Waals surface area contributed by atoms with Gasteiger partial charge in [0.1, 0.15) is 6.61 Å². The van der Waals surface area contributed by atoms with Gasteiger partial charge in [0, 0.05) is 6.42 Å². The van der Waals surface area contributed by atoms with Crippen LogP contribution in [0.2, 0.25) is 0 Å². The van der Waals surface area contributed by atoms with Gasteiger partial charge in [0.25, 0.3) is 0 Å². The fraction of sp³-hybridized carbons (Fsp3) is 0.444. The number of hydrogen-bond donors (Lipinski definition) is 1. The standard InChI is InChI=1S/C18H23NO3/c1-14-9-5-2-3-8-12-17(20)19-16(13-22-18(14)21)15-10-6-4-7-11-15/h2,4-7,10-11,14,16H,3,8-9,12-13H2,1H3,(H,19,20)/b5-2+/t14-,16?/m1/s1. The monoisotopic (exact) mass is 301 g/mol. The van der Waals surface area contributed by atoms with Gasteiger partial charge in [0.2, 0.25) is 5.91 Å². The van der Waals surface area contributed by atoms with Gasteiger partial charge in [-0.1, -0.05) is 49.4 Å². The van der Waals surface area contributed by atoms with E-state index in [-0.39, 0.29) is 30.4 Å². The van der Waals surface area contributed by atoms with Crippen molar-refractivity contribution in [2.75, 3.05) is 6.61 Å². The van der Waals surface area contributed by atoms with Crippen molar-refractivity contribution in [2.45, 2.75) is 38.6 Å². The molecule has 0 saturated carbocycles. The molecule has 0 radical (unpaired) electrons. The van der Waals surface area contributed by atoms with E-state index in [0.29, 0.717) is 12.8 Å². The zero-order chi connectivity index (χ0) is 15.8. The molecule has 4 nitrogen and oxygen atoms in total. The molecule has 1 aromatic rings. The minimum atomic E-state index is -0.293. The van der Waals surface area contributed by atoms with Gasteiger partial charge in [0.05, 0.1) is 12.0 Å². The number of esters is 1. The molecule has 0 bridgehead atoms. The van der Waals surface area contributed by atoms with Crippen LogP contribution in [0.25, 0.3) is 0 Å². The van der Waals surface area contributed by atoms with Crippen LogP contribution in [0.3, 0.4) is 0 Å². The lowest BCUT2D eigenvalue weighted by Crippen LogP contribution is -2.32. The second-order valence-corrected chi connectivity index (χ2v) is 5.66. The van der Waals surface area contributed by atoms with Crippen molar-refractivity contribution < 1.29 is 14.3 Å². The minimum Gasteiger partial charge on any atom is -0.463 e. The molecule has 2 rings (SSSR count). The largest absolute Gasteiger partial charge is 0.463 e. The molecule has 4 heteroatoms. The lowest BCUT2D eigenvalue weighted by atomic mass is 10.1. The highest BCUT2D eigenvalue weighted by Crippen LogP contribution is 2.16.